The molecule has 0 aliphatic carbocycles. The minimum atomic E-state index is 0.935. The second-order valence-electron chi connectivity index (χ2n) is 1.50. The highest BCUT2D eigenvalue weighted by atomic mass is 15.1. The van der Waals surface area contributed by atoms with Gasteiger partial charge in [-0.3, -0.25) is 0 Å². The highest BCUT2D eigenvalue weighted by Gasteiger charge is 1.83. The van der Waals surface area contributed by atoms with Gasteiger partial charge in [0.15, 0.2) is 0 Å². The van der Waals surface area contributed by atoms with E-state index >= 15 is 0 Å². The summed E-state index contributed by atoms with van der Waals surface area (Å²) in [5.41, 5.74) is 0.993. The van der Waals surface area contributed by atoms with Gasteiger partial charge in [0, 0.05) is 6.07 Å². The molecule has 0 aromatic carbocycles. The summed E-state index contributed by atoms with van der Waals surface area (Å²) in [6.07, 6.45) is 2.49. The summed E-state index contributed by atoms with van der Waals surface area (Å²) < 4.78 is 0. The molecular weight excluding hydrogens is 100 g/mol. The number of hydrogen-bond acceptors (Lipinski definition) is 2. The number of nitrogens with zero attached hydrogens (tertiary/aromatic N) is 2. The van der Waals surface area contributed by atoms with Gasteiger partial charge in [-0.15, -0.1) is 0 Å². The summed E-state index contributed by atoms with van der Waals surface area (Å²) >= 11 is 0. The Balaban J connectivity index is 2.83. The van der Waals surface area contributed by atoms with Crippen molar-refractivity contribution in [3.8, 4) is 0 Å². The van der Waals surface area contributed by atoms with Gasteiger partial charge in [-0.1, -0.05) is 6.92 Å². The first kappa shape index (κ1) is 5.22. The van der Waals surface area contributed by atoms with Crippen molar-refractivity contribution in [2.45, 2.75) is 13.3 Å². The zero-order chi connectivity index (χ0) is 5.82. The SMILES string of the molecule is CCc1c[c]cnn1. The smallest absolute Gasteiger partial charge is 0.0634 e. The quantitative estimate of drug-likeness (QED) is 0.531. The van der Waals surface area contributed by atoms with E-state index in [2.05, 4.69) is 16.3 Å². The van der Waals surface area contributed by atoms with E-state index in [0.717, 1.165) is 12.1 Å². The first-order valence-electron chi connectivity index (χ1n) is 2.61. The molecule has 0 saturated carbocycles. The van der Waals surface area contributed by atoms with Crippen molar-refractivity contribution in [1.82, 2.24) is 10.2 Å². The van der Waals surface area contributed by atoms with Crippen LogP contribution >= 0.6 is 0 Å². The molecule has 0 amide bonds. The topological polar surface area (TPSA) is 25.8 Å². The van der Waals surface area contributed by atoms with Gasteiger partial charge in [0.25, 0.3) is 0 Å². The molecule has 0 aliphatic rings. The molecule has 0 atom stereocenters. The predicted octanol–water partition coefficient (Wildman–Crippen LogP) is 0.839. The second-order valence-corrected chi connectivity index (χ2v) is 1.50. The van der Waals surface area contributed by atoms with Gasteiger partial charge in [-0.2, -0.15) is 10.2 Å². The molecule has 0 unspecified atom stereocenters. The normalized spacial score (nSPS) is 9.12. The Morgan fingerprint density at radius 2 is 2.62 bits per heavy atom. The lowest BCUT2D eigenvalue weighted by atomic mass is 10.3. The fourth-order valence-corrected chi connectivity index (χ4v) is 0.471. The third-order valence-corrected chi connectivity index (χ3v) is 0.931. The van der Waals surface area contributed by atoms with E-state index in [4.69, 9.17) is 0 Å². The zero-order valence-corrected chi connectivity index (χ0v) is 4.76. The van der Waals surface area contributed by atoms with Crippen LogP contribution in [-0.4, -0.2) is 10.2 Å². The summed E-state index contributed by atoms with van der Waals surface area (Å²) in [6.45, 7) is 2.04. The average molecular weight is 107 g/mol. The molecule has 0 aliphatic heterocycles. The molecule has 2 nitrogen and oxygen atoms in total. The Morgan fingerprint density at radius 1 is 1.75 bits per heavy atom. The van der Waals surface area contributed by atoms with Crippen molar-refractivity contribution in [2.75, 3.05) is 0 Å². The van der Waals surface area contributed by atoms with Crippen LogP contribution < -0.4 is 0 Å². The molecule has 2 heteroatoms. The first-order valence-corrected chi connectivity index (χ1v) is 2.61. The van der Waals surface area contributed by atoms with Crippen LogP contribution in [0.3, 0.4) is 0 Å². The van der Waals surface area contributed by atoms with Crippen LogP contribution in [0, 0.1) is 6.07 Å². The maximum Gasteiger partial charge on any atom is 0.0634 e. The Bertz CT molecular complexity index is 148. The highest BCUT2D eigenvalue weighted by molar-refractivity contribution is 4.96. The van der Waals surface area contributed by atoms with Gasteiger partial charge in [-0.25, -0.2) is 0 Å². The lowest BCUT2D eigenvalue weighted by Gasteiger charge is -1.86. The number of hydrogen-bond donors (Lipinski definition) is 0. The van der Waals surface area contributed by atoms with Crippen LogP contribution in [0.25, 0.3) is 0 Å². The molecule has 0 spiro atoms. The molecule has 1 radical (unpaired) electrons. The fourth-order valence-electron chi connectivity index (χ4n) is 0.471. The second kappa shape index (κ2) is 2.40. The lowest BCUT2D eigenvalue weighted by Crippen LogP contribution is -1.86. The predicted molar refractivity (Wildman–Crippen MR) is 30.2 cm³/mol. The molecule has 0 saturated heterocycles. The maximum absolute atomic E-state index is 3.82. The van der Waals surface area contributed by atoms with Gasteiger partial charge in [0.1, 0.15) is 0 Å². The van der Waals surface area contributed by atoms with Crippen LogP contribution in [0.15, 0.2) is 12.3 Å². The first-order chi connectivity index (χ1) is 3.93. The minimum Gasteiger partial charge on any atom is -0.158 e. The lowest BCUT2D eigenvalue weighted by molar-refractivity contribution is 0.917. The Morgan fingerprint density at radius 3 is 3.00 bits per heavy atom. The fraction of sp³-hybridized carbons (Fsp3) is 0.333. The number of aryl methyl sites for hydroxylation is 1. The third kappa shape index (κ3) is 1.03. The largest absolute Gasteiger partial charge is 0.158 e. The average Bonchev–Trinajstić information content (AvgIpc) is 1.90. The molecule has 1 aromatic rings. The molecule has 0 fully saturated rings. The van der Waals surface area contributed by atoms with Crippen molar-refractivity contribution < 1.29 is 0 Å². The summed E-state index contributed by atoms with van der Waals surface area (Å²) in [7, 11) is 0. The summed E-state index contributed by atoms with van der Waals surface area (Å²) in [5, 5.41) is 7.47. The number of rotatable bonds is 1. The van der Waals surface area contributed by atoms with Crippen LogP contribution in [0.4, 0.5) is 0 Å². The zero-order valence-electron chi connectivity index (χ0n) is 4.76. The van der Waals surface area contributed by atoms with E-state index in [9.17, 15) is 0 Å². The molecule has 1 aromatic heterocycles. The van der Waals surface area contributed by atoms with Crippen LogP contribution in [0.1, 0.15) is 12.6 Å². The van der Waals surface area contributed by atoms with Gasteiger partial charge >= 0.3 is 0 Å². The number of aromatic nitrogens is 2. The molecule has 1 rings (SSSR count). The highest BCUT2D eigenvalue weighted by Crippen LogP contribution is 1.88. The van der Waals surface area contributed by atoms with E-state index in [0.29, 0.717) is 0 Å². The Labute approximate surface area is 48.6 Å². The van der Waals surface area contributed by atoms with Crippen LogP contribution in [-0.2, 0) is 6.42 Å². The van der Waals surface area contributed by atoms with Gasteiger partial charge in [0.05, 0.1) is 11.9 Å². The third-order valence-electron chi connectivity index (χ3n) is 0.931. The Hall–Kier alpha value is -0.920. The van der Waals surface area contributed by atoms with E-state index in [1.807, 2.05) is 13.0 Å². The molecule has 41 valence electrons. The summed E-state index contributed by atoms with van der Waals surface area (Å²) in [5.74, 6) is 0. The maximum atomic E-state index is 3.82. The van der Waals surface area contributed by atoms with Crippen LogP contribution in [0.5, 0.6) is 0 Å². The van der Waals surface area contributed by atoms with E-state index in [1.54, 1.807) is 6.20 Å². The molecule has 1 heterocycles. The van der Waals surface area contributed by atoms with Crippen molar-refractivity contribution in [1.29, 1.82) is 0 Å². The van der Waals surface area contributed by atoms with E-state index in [1.165, 1.54) is 0 Å². The minimum absolute atomic E-state index is 0.935. The van der Waals surface area contributed by atoms with E-state index in [-0.39, 0.29) is 0 Å². The van der Waals surface area contributed by atoms with E-state index < -0.39 is 0 Å². The summed E-state index contributed by atoms with van der Waals surface area (Å²) in [6, 6.07) is 4.68. The molecule has 8 heavy (non-hydrogen) atoms. The van der Waals surface area contributed by atoms with Crippen LogP contribution in [0.2, 0.25) is 0 Å². The van der Waals surface area contributed by atoms with Crippen molar-refractivity contribution in [2.24, 2.45) is 0 Å². The van der Waals surface area contributed by atoms with Crippen molar-refractivity contribution >= 4 is 0 Å². The molecule has 0 N–H and O–H groups in total. The summed E-state index contributed by atoms with van der Waals surface area (Å²) in [4.78, 5) is 0. The molecule has 0 bridgehead atoms. The Kier molecular flexibility index (Phi) is 1.57. The van der Waals surface area contributed by atoms with Gasteiger partial charge in [-0.05, 0) is 12.5 Å². The van der Waals surface area contributed by atoms with Gasteiger partial charge in [0.2, 0.25) is 0 Å². The van der Waals surface area contributed by atoms with Gasteiger partial charge < -0.3 is 0 Å². The molecular formula is C6H7N2. The van der Waals surface area contributed by atoms with Crippen molar-refractivity contribution in [3.05, 3.63) is 24.0 Å². The standard InChI is InChI=1S/C6H7N2/c1-2-6-4-3-5-7-8-6/h4-5H,2H2,1H3. The monoisotopic (exact) mass is 107 g/mol. The van der Waals surface area contributed by atoms with Crippen molar-refractivity contribution in [3.63, 3.8) is 0 Å².